The predicted octanol–water partition coefficient (Wildman–Crippen LogP) is 2.81. The lowest BCUT2D eigenvalue weighted by Gasteiger charge is -2.28. The second-order valence-electron chi connectivity index (χ2n) is 6.85. The molecule has 2 heteroatoms. The van der Waals surface area contributed by atoms with Crippen LogP contribution >= 0.6 is 0 Å². The van der Waals surface area contributed by atoms with Gasteiger partial charge in [0.15, 0.2) is 0 Å². The fourth-order valence-electron chi connectivity index (χ4n) is 4.48. The Balaban J connectivity index is 1.48. The topological polar surface area (TPSA) is 15.3 Å². The molecule has 4 atom stereocenters. The van der Waals surface area contributed by atoms with Gasteiger partial charge in [-0.25, -0.2) is 0 Å². The Morgan fingerprint density at radius 2 is 2.22 bits per heavy atom. The molecule has 1 aliphatic carbocycles. The van der Waals surface area contributed by atoms with Crippen molar-refractivity contribution in [1.29, 1.82) is 0 Å². The van der Waals surface area contributed by atoms with Gasteiger partial charge < -0.3 is 5.32 Å². The van der Waals surface area contributed by atoms with Gasteiger partial charge in [-0.3, -0.25) is 4.90 Å². The molecular formula is C16H28N2. The quantitative estimate of drug-likeness (QED) is 0.773. The maximum absolute atomic E-state index is 3.89. The molecule has 4 unspecified atom stereocenters. The van der Waals surface area contributed by atoms with Crippen LogP contribution in [0.4, 0.5) is 0 Å². The summed E-state index contributed by atoms with van der Waals surface area (Å²) in [5.41, 5.74) is 1.61. The minimum absolute atomic E-state index is 0.786. The standard InChI is InChI=1S/C16H28N2/c1-12-8-13(2)10-14(9-12)11-17-15-5-7-18-6-3-4-16(15)18/h8,12,14-17H,3-7,9-11H2,1-2H3. The van der Waals surface area contributed by atoms with Crippen molar-refractivity contribution >= 4 is 0 Å². The lowest BCUT2D eigenvalue weighted by atomic mass is 9.83. The average molecular weight is 248 g/mol. The highest BCUT2D eigenvalue weighted by Crippen LogP contribution is 2.30. The fraction of sp³-hybridized carbons (Fsp3) is 0.875. The molecule has 0 aromatic carbocycles. The Kier molecular flexibility index (Phi) is 3.76. The molecule has 2 fully saturated rings. The Morgan fingerprint density at radius 1 is 1.33 bits per heavy atom. The lowest BCUT2D eigenvalue weighted by molar-refractivity contribution is 0.286. The lowest BCUT2D eigenvalue weighted by Crippen LogP contribution is -2.41. The second kappa shape index (κ2) is 5.34. The van der Waals surface area contributed by atoms with Crippen LogP contribution in [0.25, 0.3) is 0 Å². The van der Waals surface area contributed by atoms with E-state index < -0.39 is 0 Å². The van der Waals surface area contributed by atoms with Crippen molar-refractivity contribution in [2.45, 2.75) is 58.0 Å². The molecule has 0 aromatic heterocycles. The average Bonchev–Trinajstić information content (AvgIpc) is 2.87. The summed E-state index contributed by atoms with van der Waals surface area (Å²) in [6, 6.07) is 1.65. The number of rotatable bonds is 3. The van der Waals surface area contributed by atoms with Crippen LogP contribution in [0.2, 0.25) is 0 Å². The first-order valence-electron chi connectivity index (χ1n) is 7.87. The number of fused-ring (bicyclic) bond motifs is 1. The Labute approximate surface area is 112 Å². The molecule has 0 bridgehead atoms. The van der Waals surface area contributed by atoms with E-state index in [9.17, 15) is 0 Å². The minimum Gasteiger partial charge on any atom is -0.312 e. The van der Waals surface area contributed by atoms with E-state index in [1.165, 1.54) is 51.7 Å². The van der Waals surface area contributed by atoms with Gasteiger partial charge in [0.25, 0.3) is 0 Å². The van der Waals surface area contributed by atoms with Gasteiger partial charge in [-0.15, -0.1) is 0 Å². The molecule has 1 N–H and O–H groups in total. The van der Waals surface area contributed by atoms with Gasteiger partial charge in [-0.05, 0) is 64.0 Å². The predicted molar refractivity (Wildman–Crippen MR) is 76.6 cm³/mol. The molecular weight excluding hydrogens is 220 g/mol. The molecule has 102 valence electrons. The van der Waals surface area contributed by atoms with Crippen LogP contribution in [-0.2, 0) is 0 Å². The summed E-state index contributed by atoms with van der Waals surface area (Å²) >= 11 is 0. The van der Waals surface area contributed by atoms with Crippen LogP contribution in [0.5, 0.6) is 0 Å². The third kappa shape index (κ3) is 2.65. The largest absolute Gasteiger partial charge is 0.312 e. The van der Waals surface area contributed by atoms with Gasteiger partial charge in [0.05, 0.1) is 0 Å². The summed E-state index contributed by atoms with van der Waals surface area (Å²) in [5, 5.41) is 3.89. The first kappa shape index (κ1) is 12.7. The normalized spacial score (nSPS) is 40.9. The summed E-state index contributed by atoms with van der Waals surface area (Å²) in [4.78, 5) is 2.70. The van der Waals surface area contributed by atoms with Crippen LogP contribution in [0.1, 0.15) is 46.0 Å². The first-order chi connectivity index (χ1) is 8.72. The van der Waals surface area contributed by atoms with E-state index in [0.717, 1.165) is 23.9 Å². The minimum atomic E-state index is 0.786. The third-order valence-corrected chi connectivity index (χ3v) is 5.16. The van der Waals surface area contributed by atoms with Gasteiger partial charge in [0.1, 0.15) is 0 Å². The van der Waals surface area contributed by atoms with E-state index in [-0.39, 0.29) is 0 Å². The van der Waals surface area contributed by atoms with Crippen molar-refractivity contribution in [3.8, 4) is 0 Å². The van der Waals surface area contributed by atoms with E-state index in [4.69, 9.17) is 0 Å². The third-order valence-electron chi connectivity index (χ3n) is 5.16. The maximum atomic E-state index is 3.89. The monoisotopic (exact) mass is 248 g/mol. The zero-order valence-electron chi connectivity index (χ0n) is 12.0. The van der Waals surface area contributed by atoms with Crippen molar-refractivity contribution in [3.05, 3.63) is 11.6 Å². The molecule has 2 aliphatic heterocycles. The highest BCUT2D eigenvalue weighted by molar-refractivity contribution is 5.06. The number of nitrogens with one attached hydrogen (secondary N) is 1. The van der Waals surface area contributed by atoms with Crippen molar-refractivity contribution in [2.24, 2.45) is 11.8 Å². The van der Waals surface area contributed by atoms with Crippen LogP contribution in [-0.4, -0.2) is 36.6 Å². The van der Waals surface area contributed by atoms with Crippen LogP contribution in [0.3, 0.4) is 0 Å². The van der Waals surface area contributed by atoms with E-state index in [0.29, 0.717) is 0 Å². The van der Waals surface area contributed by atoms with Crippen molar-refractivity contribution in [1.82, 2.24) is 10.2 Å². The molecule has 3 aliphatic rings. The summed E-state index contributed by atoms with van der Waals surface area (Å²) in [7, 11) is 0. The highest BCUT2D eigenvalue weighted by atomic mass is 15.2. The Bertz CT molecular complexity index is 323. The summed E-state index contributed by atoms with van der Waals surface area (Å²) in [6.45, 7) is 8.60. The molecule has 2 nitrogen and oxygen atoms in total. The van der Waals surface area contributed by atoms with Gasteiger partial charge in [0, 0.05) is 18.6 Å². The molecule has 0 amide bonds. The van der Waals surface area contributed by atoms with Crippen molar-refractivity contribution in [3.63, 3.8) is 0 Å². The molecule has 18 heavy (non-hydrogen) atoms. The summed E-state index contributed by atoms with van der Waals surface area (Å²) < 4.78 is 0. The van der Waals surface area contributed by atoms with Crippen molar-refractivity contribution in [2.75, 3.05) is 19.6 Å². The number of allylic oxidation sites excluding steroid dienone is 2. The van der Waals surface area contributed by atoms with Gasteiger partial charge in [-0.2, -0.15) is 0 Å². The number of hydrogen-bond acceptors (Lipinski definition) is 2. The van der Waals surface area contributed by atoms with Crippen LogP contribution < -0.4 is 5.32 Å². The fourth-order valence-corrected chi connectivity index (χ4v) is 4.48. The van der Waals surface area contributed by atoms with Gasteiger partial charge in [0.2, 0.25) is 0 Å². The second-order valence-corrected chi connectivity index (χ2v) is 6.85. The van der Waals surface area contributed by atoms with E-state index >= 15 is 0 Å². The zero-order valence-corrected chi connectivity index (χ0v) is 12.0. The summed E-state index contributed by atoms with van der Waals surface area (Å²) in [5.74, 6) is 1.66. The number of hydrogen-bond donors (Lipinski definition) is 1. The van der Waals surface area contributed by atoms with E-state index in [2.05, 4.69) is 30.1 Å². The molecule has 0 radical (unpaired) electrons. The molecule has 2 saturated heterocycles. The molecule has 3 rings (SSSR count). The Hall–Kier alpha value is -0.340. The van der Waals surface area contributed by atoms with Gasteiger partial charge in [-0.1, -0.05) is 18.6 Å². The first-order valence-corrected chi connectivity index (χ1v) is 7.87. The molecule has 2 heterocycles. The Morgan fingerprint density at radius 3 is 3.06 bits per heavy atom. The number of nitrogens with zero attached hydrogens (tertiary/aromatic N) is 1. The summed E-state index contributed by atoms with van der Waals surface area (Å²) in [6.07, 6.45) is 9.39. The van der Waals surface area contributed by atoms with Crippen LogP contribution in [0.15, 0.2) is 11.6 Å². The van der Waals surface area contributed by atoms with Crippen molar-refractivity contribution < 1.29 is 0 Å². The SMILES string of the molecule is CC1=CC(C)CC(CNC2CCN3CCCC23)C1. The zero-order chi connectivity index (χ0) is 12.5. The molecule has 0 aromatic rings. The van der Waals surface area contributed by atoms with E-state index in [1.54, 1.807) is 5.57 Å². The van der Waals surface area contributed by atoms with Gasteiger partial charge >= 0.3 is 0 Å². The molecule has 0 saturated carbocycles. The maximum Gasteiger partial charge on any atom is 0.0250 e. The van der Waals surface area contributed by atoms with E-state index in [1.807, 2.05) is 0 Å². The van der Waals surface area contributed by atoms with Crippen LogP contribution in [0, 0.1) is 11.8 Å². The highest BCUT2D eigenvalue weighted by Gasteiger charge is 2.36. The smallest absolute Gasteiger partial charge is 0.0250 e. The molecule has 0 spiro atoms.